The second-order valence-electron chi connectivity index (χ2n) is 4.05. The van der Waals surface area contributed by atoms with Gasteiger partial charge in [-0.15, -0.1) is 0 Å². The first-order valence-corrected chi connectivity index (χ1v) is 5.91. The Morgan fingerprint density at radius 2 is 1.12 bits per heavy atom. The van der Waals surface area contributed by atoms with Crippen molar-refractivity contribution in [1.29, 1.82) is 0 Å². The molecule has 0 aromatic heterocycles. The molecule has 17 heavy (non-hydrogen) atoms. The number of nitrogens with two attached hydrogens (primary N) is 2. The first kappa shape index (κ1) is 22.6. The Morgan fingerprint density at radius 1 is 0.882 bits per heavy atom. The van der Waals surface area contributed by atoms with Gasteiger partial charge in [-0.25, -0.2) is 0 Å². The minimum atomic E-state index is 0. The summed E-state index contributed by atoms with van der Waals surface area (Å²) in [6.07, 6.45) is 0. The van der Waals surface area contributed by atoms with Gasteiger partial charge in [0.25, 0.3) is 10.3 Å². The van der Waals surface area contributed by atoms with E-state index >= 15 is 0 Å². The average Bonchev–Trinajstić information content (AvgIpc) is 2.12. The fourth-order valence-electron chi connectivity index (χ4n) is 0.498. The predicted octanol–water partition coefficient (Wildman–Crippen LogP) is 1.16. The third kappa shape index (κ3) is 31.4. The van der Waals surface area contributed by atoms with Crippen molar-refractivity contribution in [1.82, 2.24) is 0 Å². The van der Waals surface area contributed by atoms with E-state index in [-0.39, 0.29) is 39.9 Å². The molecular formula is C10H23N2NaO2S2. The maximum absolute atomic E-state index is 5.05. The van der Waals surface area contributed by atoms with E-state index in [4.69, 9.17) is 20.9 Å². The summed E-state index contributed by atoms with van der Waals surface area (Å²) in [6, 6.07) is 0. The number of thiocarbonyl (C=S) groups is 2. The number of hydrogen-bond donors (Lipinski definition) is 2. The summed E-state index contributed by atoms with van der Waals surface area (Å²) in [5.41, 5.74) is 10.1. The zero-order valence-corrected chi connectivity index (χ0v) is 12.0. The van der Waals surface area contributed by atoms with Gasteiger partial charge in [0.2, 0.25) is 0 Å². The quantitative estimate of drug-likeness (QED) is 0.598. The van der Waals surface area contributed by atoms with Crippen LogP contribution < -0.4 is 11.5 Å². The van der Waals surface area contributed by atoms with E-state index in [0.29, 0.717) is 25.0 Å². The third-order valence-electron chi connectivity index (χ3n) is 1.12. The number of ether oxygens (including phenoxy) is 2. The van der Waals surface area contributed by atoms with Gasteiger partial charge in [0.05, 0.1) is 13.2 Å². The van der Waals surface area contributed by atoms with Crippen LogP contribution in [-0.2, 0) is 9.47 Å². The Labute approximate surface area is 137 Å². The van der Waals surface area contributed by atoms with Gasteiger partial charge < -0.3 is 20.9 Å². The van der Waals surface area contributed by atoms with Crippen molar-refractivity contribution >= 4 is 64.3 Å². The van der Waals surface area contributed by atoms with E-state index in [1.54, 1.807) is 0 Å². The van der Waals surface area contributed by atoms with Gasteiger partial charge >= 0.3 is 29.6 Å². The molecule has 0 heterocycles. The Hall–Kier alpha value is 0.380. The number of rotatable bonds is 4. The molecule has 0 fully saturated rings. The molecule has 98 valence electrons. The van der Waals surface area contributed by atoms with Crippen LogP contribution in [0.15, 0.2) is 0 Å². The summed E-state index contributed by atoms with van der Waals surface area (Å²) in [6.45, 7) is 9.40. The Bertz CT molecular complexity index is 192. The van der Waals surface area contributed by atoms with Gasteiger partial charge in [-0.3, -0.25) is 0 Å². The molecule has 0 rings (SSSR count). The Kier molecular flexibility index (Phi) is 19.2. The fraction of sp³-hybridized carbons (Fsp3) is 0.800. The molecule has 0 aliphatic carbocycles. The summed E-state index contributed by atoms with van der Waals surface area (Å²) >= 11 is 8.94. The molecule has 0 aromatic carbocycles. The van der Waals surface area contributed by atoms with E-state index in [0.717, 1.165) is 0 Å². The van der Waals surface area contributed by atoms with Crippen molar-refractivity contribution in [2.75, 3.05) is 13.2 Å². The van der Waals surface area contributed by atoms with E-state index in [9.17, 15) is 0 Å². The summed E-state index contributed by atoms with van der Waals surface area (Å²) in [5, 5.41) is 0.275. The third-order valence-corrected chi connectivity index (χ3v) is 1.35. The van der Waals surface area contributed by atoms with Crippen molar-refractivity contribution in [3.05, 3.63) is 0 Å². The van der Waals surface area contributed by atoms with Crippen molar-refractivity contribution in [3.8, 4) is 0 Å². The molecule has 0 amide bonds. The SMILES string of the molecule is CC(C)COC(N)=S.CC(C)COC(N)=S.[NaH]. The zero-order valence-electron chi connectivity index (χ0n) is 10.4. The molecule has 4 N–H and O–H groups in total. The minimum absolute atomic E-state index is 0. The van der Waals surface area contributed by atoms with Crippen molar-refractivity contribution in [2.45, 2.75) is 27.7 Å². The van der Waals surface area contributed by atoms with Crippen LogP contribution in [0, 0.1) is 11.8 Å². The monoisotopic (exact) mass is 290 g/mol. The van der Waals surface area contributed by atoms with Crippen molar-refractivity contribution < 1.29 is 9.47 Å². The average molecular weight is 290 g/mol. The van der Waals surface area contributed by atoms with Crippen molar-refractivity contribution in [2.24, 2.45) is 23.3 Å². The van der Waals surface area contributed by atoms with Crippen LogP contribution in [0.1, 0.15) is 27.7 Å². The molecule has 0 aliphatic heterocycles. The molecule has 0 atom stereocenters. The molecule has 0 aromatic rings. The Morgan fingerprint density at radius 3 is 1.18 bits per heavy atom. The molecular weight excluding hydrogens is 267 g/mol. The fourth-order valence-corrected chi connectivity index (χ4v) is 0.634. The zero-order chi connectivity index (χ0) is 13.1. The van der Waals surface area contributed by atoms with Crippen LogP contribution in [0.25, 0.3) is 0 Å². The second kappa shape index (κ2) is 14.4. The van der Waals surface area contributed by atoms with Gasteiger partial charge in [0, 0.05) is 0 Å². The van der Waals surface area contributed by atoms with E-state index < -0.39 is 0 Å². The predicted molar refractivity (Wildman–Crippen MR) is 82.3 cm³/mol. The normalized spacial score (nSPS) is 8.82. The summed E-state index contributed by atoms with van der Waals surface area (Å²) in [7, 11) is 0. The van der Waals surface area contributed by atoms with Gasteiger partial charge in [-0.2, -0.15) is 0 Å². The van der Waals surface area contributed by atoms with E-state index in [2.05, 4.69) is 24.4 Å². The van der Waals surface area contributed by atoms with Gasteiger partial charge in [-0.05, 0) is 36.3 Å². The van der Waals surface area contributed by atoms with Gasteiger partial charge in [-0.1, -0.05) is 27.7 Å². The van der Waals surface area contributed by atoms with Gasteiger partial charge in [0.15, 0.2) is 0 Å². The summed E-state index contributed by atoms with van der Waals surface area (Å²) < 4.78 is 9.62. The molecule has 0 saturated carbocycles. The molecule has 0 radical (unpaired) electrons. The number of hydrogen-bond acceptors (Lipinski definition) is 4. The Balaban J connectivity index is -0.000000218. The second-order valence-corrected chi connectivity index (χ2v) is 4.85. The van der Waals surface area contributed by atoms with Crippen molar-refractivity contribution in [3.63, 3.8) is 0 Å². The first-order chi connectivity index (χ1) is 7.25. The molecule has 0 bridgehead atoms. The van der Waals surface area contributed by atoms with E-state index in [1.165, 1.54) is 0 Å². The van der Waals surface area contributed by atoms with Crippen LogP contribution in [0.4, 0.5) is 0 Å². The molecule has 0 aliphatic rings. The van der Waals surface area contributed by atoms with Crippen LogP contribution in [-0.4, -0.2) is 53.1 Å². The van der Waals surface area contributed by atoms with Crippen LogP contribution >= 0.6 is 24.4 Å². The standard InChI is InChI=1S/2C5H11NOS.Na.H/c2*1-4(2)3-7-5(6)8;;/h2*4H,3H2,1-2H3,(H2,6,8);;. The topological polar surface area (TPSA) is 70.5 Å². The van der Waals surface area contributed by atoms with Crippen LogP contribution in [0.3, 0.4) is 0 Å². The van der Waals surface area contributed by atoms with Gasteiger partial charge in [0.1, 0.15) is 0 Å². The summed E-state index contributed by atoms with van der Waals surface area (Å²) in [5.74, 6) is 0.994. The van der Waals surface area contributed by atoms with Crippen LogP contribution in [0.2, 0.25) is 0 Å². The molecule has 7 heteroatoms. The molecule has 0 spiro atoms. The molecule has 4 nitrogen and oxygen atoms in total. The molecule has 0 saturated heterocycles. The maximum atomic E-state index is 5.05. The van der Waals surface area contributed by atoms with E-state index in [1.807, 2.05) is 27.7 Å². The summed E-state index contributed by atoms with van der Waals surface area (Å²) in [4.78, 5) is 0. The molecule has 0 unspecified atom stereocenters. The first-order valence-electron chi connectivity index (χ1n) is 5.10. The van der Waals surface area contributed by atoms with Crippen LogP contribution in [0.5, 0.6) is 0 Å².